The number of imidazole rings is 1. The highest BCUT2D eigenvalue weighted by atomic mass is 19.1. The number of pyridine rings is 2. The molecule has 2 aromatic carbocycles. The van der Waals surface area contributed by atoms with Crippen molar-refractivity contribution in [3.05, 3.63) is 90.4 Å². The smallest absolute Gasteiger partial charge is 0.165 e. The quantitative estimate of drug-likeness (QED) is 0.365. The first kappa shape index (κ1) is 23.0. The van der Waals surface area contributed by atoms with Gasteiger partial charge < -0.3 is 11.1 Å². The van der Waals surface area contributed by atoms with Gasteiger partial charge in [-0.2, -0.15) is 0 Å². The van der Waals surface area contributed by atoms with Crippen molar-refractivity contribution >= 4 is 17.0 Å². The van der Waals surface area contributed by atoms with Crippen LogP contribution < -0.4 is 11.1 Å². The van der Waals surface area contributed by atoms with Crippen molar-refractivity contribution in [2.75, 3.05) is 31.9 Å². The Morgan fingerprint density at radius 2 is 1.66 bits per heavy atom. The summed E-state index contributed by atoms with van der Waals surface area (Å²) >= 11 is 0. The van der Waals surface area contributed by atoms with Gasteiger partial charge in [-0.25, -0.2) is 19.3 Å². The molecule has 3 N–H and O–H groups in total. The first-order chi connectivity index (χ1) is 18.6. The Hall–Kier alpha value is -4.14. The number of anilines is 1. The molecule has 0 radical (unpaired) electrons. The van der Waals surface area contributed by atoms with Gasteiger partial charge in [-0.1, -0.05) is 12.1 Å². The lowest BCUT2D eigenvalue weighted by Gasteiger charge is -2.17. The van der Waals surface area contributed by atoms with Crippen LogP contribution in [0.1, 0.15) is 5.56 Å². The number of likely N-dealkylation sites (tertiary alicyclic amines) is 1. The molecule has 2 aliphatic heterocycles. The highest BCUT2D eigenvalue weighted by molar-refractivity contribution is 5.84. The maximum Gasteiger partial charge on any atom is 0.165 e. The molecule has 0 amide bonds. The summed E-state index contributed by atoms with van der Waals surface area (Å²) in [5.74, 6) is 2.37. The summed E-state index contributed by atoms with van der Waals surface area (Å²) in [4.78, 5) is 16.7. The highest BCUT2D eigenvalue weighted by Gasteiger charge is 2.35. The number of fused-ring (bicyclic) bond motifs is 2. The van der Waals surface area contributed by atoms with Gasteiger partial charge in [-0.05, 0) is 91.2 Å². The average molecular weight is 506 g/mol. The van der Waals surface area contributed by atoms with Gasteiger partial charge in [0.25, 0.3) is 0 Å². The van der Waals surface area contributed by atoms with E-state index in [0.29, 0.717) is 17.3 Å². The van der Waals surface area contributed by atoms with E-state index in [1.54, 1.807) is 18.3 Å². The number of halogens is 1. The molecule has 0 saturated carbocycles. The summed E-state index contributed by atoms with van der Waals surface area (Å²) in [5.41, 5.74) is 12.3. The predicted molar refractivity (Wildman–Crippen MR) is 147 cm³/mol. The van der Waals surface area contributed by atoms with E-state index in [0.717, 1.165) is 72.6 Å². The van der Waals surface area contributed by atoms with Crippen LogP contribution in [0, 0.1) is 17.7 Å². The van der Waals surface area contributed by atoms with Gasteiger partial charge in [0, 0.05) is 37.1 Å². The first-order valence-electron chi connectivity index (χ1n) is 13.0. The van der Waals surface area contributed by atoms with Crippen LogP contribution in [0.2, 0.25) is 0 Å². The van der Waals surface area contributed by atoms with Gasteiger partial charge in [0.05, 0.1) is 11.3 Å². The van der Waals surface area contributed by atoms with Crippen LogP contribution in [-0.4, -0.2) is 50.6 Å². The topological polar surface area (TPSA) is 84.9 Å². The zero-order valence-corrected chi connectivity index (χ0v) is 20.9. The maximum atomic E-state index is 13.5. The van der Waals surface area contributed by atoms with Crippen molar-refractivity contribution in [3.63, 3.8) is 0 Å². The summed E-state index contributed by atoms with van der Waals surface area (Å²) in [6.45, 7) is 5.55. The Bertz CT molecular complexity index is 1600. The number of benzene rings is 2. The van der Waals surface area contributed by atoms with Crippen LogP contribution in [-0.2, 0) is 6.54 Å². The number of rotatable bonds is 5. The molecule has 0 spiro atoms. The van der Waals surface area contributed by atoms with Crippen LogP contribution in [0.4, 0.5) is 10.2 Å². The normalized spacial score (nSPS) is 19.3. The van der Waals surface area contributed by atoms with Crippen molar-refractivity contribution in [2.45, 2.75) is 6.54 Å². The van der Waals surface area contributed by atoms with E-state index >= 15 is 0 Å². The number of hydrogen-bond acceptors (Lipinski definition) is 6. The zero-order valence-electron chi connectivity index (χ0n) is 20.9. The molecule has 2 atom stereocenters. The Kier molecular flexibility index (Phi) is 5.64. The number of nitrogens with two attached hydrogens (primary N) is 1. The van der Waals surface area contributed by atoms with Gasteiger partial charge in [-0.3, -0.25) is 9.47 Å². The fraction of sp³-hybridized carbons (Fsp3) is 0.233. The highest BCUT2D eigenvalue weighted by Crippen LogP contribution is 2.32. The Balaban J connectivity index is 1.29. The van der Waals surface area contributed by atoms with Gasteiger partial charge in [0.15, 0.2) is 11.5 Å². The molecule has 7 rings (SSSR count). The molecule has 8 heteroatoms. The van der Waals surface area contributed by atoms with Crippen molar-refractivity contribution < 1.29 is 4.39 Å². The lowest BCUT2D eigenvalue weighted by atomic mass is 10.0. The molecule has 7 nitrogen and oxygen atoms in total. The Morgan fingerprint density at radius 3 is 2.39 bits per heavy atom. The number of nitrogens with zero attached hydrogens (tertiary/aromatic N) is 5. The van der Waals surface area contributed by atoms with Crippen molar-refractivity contribution in [1.82, 2.24) is 29.7 Å². The van der Waals surface area contributed by atoms with Crippen LogP contribution >= 0.6 is 0 Å². The van der Waals surface area contributed by atoms with E-state index in [9.17, 15) is 4.39 Å². The van der Waals surface area contributed by atoms with E-state index in [1.165, 1.54) is 17.7 Å². The van der Waals surface area contributed by atoms with E-state index in [-0.39, 0.29) is 5.82 Å². The standard InChI is InChI=1S/C30H28FN7/c31-23-7-5-20(6-8-23)26-11-12-27-30(35-26)38(29(36-27)25-2-1-13-34-28(25)32)24-9-3-19(4-10-24)16-37-17-21-14-33-15-22(21)18-37/h1-13,21-22,33H,14-18H2,(H2,32,34). The van der Waals surface area contributed by atoms with Gasteiger partial charge in [0.2, 0.25) is 0 Å². The monoisotopic (exact) mass is 505 g/mol. The van der Waals surface area contributed by atoms with Gasteiger partial charge >= 0.3 is 0 Å². The van der Waals surface area contributed by atoms with Crippen LogP contribution in [0.15, 0.2) is 79.0 Å². The summed E-state index contributed by atoms with van der Waals surface area (Å²) in [6, 6.07) is 22.6. The third-order valence-electron chi connectivity index (χ3n) is 7.79. The average Bonchev–Trinajstić information content (AvgIpc) is 3.63. The molecule has 2 fully saturated rings. The van der Waals surface area contributed by atoms with E-state index in [1.807, 2.05) is 28.8 Å². The minimum Gasteiger partial charge on any atom is -0.383 e. The lowest BCUT2D eigenvalue weighted by Crippen LogP contribution is -2.25. The summed E-state index contributed by atoms with van der Waals surface area (Å²) in [7, 11) is 0. The lowest BCUT2D eigenvalue weighted by molar-refractivity contribution is 0.305. The minimum absolute atomic E-state index is 0.275. The van der Waals surface area contributed by atoms with Crippen molar-refractivity contribution in [1.29, 1.82) is 0 Å². The third kappa shape index (κ3) is 4.12. The molecule has 5 aromatic rings. The SMILES string of the molecule is Nc1ncccc1-c1nc2ccc(-c3ccc(F)cc3)nc2n1-c1ccc(CN2CC3CNCC3C2)cc1. The molecule has 190 valence electrons. The van der Waals surface area contributed by atoms with E-state index < -0.39 is 0 Å². The summed E-state index contributed by atoms with van der Waals surface area (Å²) in [5, 5.41) is 3.51. The minimum atomic E-state index is -0.275. The molecule has 5 heterocycles. The van der Waals surface area contributed by atoms with Gasteiger partial charge in [0.1, 0.15) is 17.2 Å². The Labute approximate surface area is 220 Å². The fourth-order valence-electron chi connectivity index (χ4n) is 5.86. The number of hydrogen-bond donors (Lipinski definition) is 2. The largest absolute Gasteiger partial charge is 0.383 e. The van der Waals surface area contributed by atoms with Crippen molar-refractivity contribution in [3.8, 4) is 28.3 Å². The first-order valence-corrected chi connectivity index (χ1v) is 13.0. The maximum absolute atomic E-state index is 13.5. The molecule has 0 aliphatic carbocycles. The molecule has 2 unspecified atom stereocenters. The number of nitrogens with one attached hydrogen (secondary N) is 1. The molecule has 2 saturated heterocycles. The molecule has 38 heavy (non-hydrogen) atoms. The fourth-order valence-corrected chi connectivity index (χ4v) is 5.86. The summed E-state index contributed by atoms with van der Waals surface area (Å²) in [6.07, 6.45) is 1.67. The number of nitrogen functional groups attached to an aromatic ring is 1. The molecule has 2 aliphatic rings. The van der Waals surface area contributed by atoms with E-state index in [4.69, 9.17) is 15.7 Å². The summed E-state index contributed by atoms with van der Waals surface area (Å²) < 4.78 is 15.6. The van der Waals surface area contributed by atoms with E-state index in [2.05, 4.69) is 39.5 Å². The second-order valence-corrected chi connectivity index (χ2v) is 10.3. The zero-order chi connectivity index (χ0) is 25.6. The second-order valence-electron chi connectivity index (χ2n) is 10.3. The van der Waals surface area contributed by atoms with Crippen LogP contribution in [0.25, 0.3) is 39.5 Å². The predicted octanol–water partition coefficient (Wildman–Crippen LogP) is 4.52. The van der Waals surface area contributed by atoms with Crippen LogP contribution in [0.5, 0.6) is 0 Å². The molecular weight excluding hydrogens is 477 g/mol. The Morgan fingerprint density at radius 1 is 0.895 bits per heavy atom. The molecular formula is C30H28FN7. The second kappa shape index (κ2) is 9.31. The number of aromatic nitrogens is 4. The van der Waals surface area contributed by atoms with Crippen molar-refractivity contribution in [2.24, 2.45) is 11.8 Å². The molecule has 3 aromatic heterocycles. The molecule has 0 bridgehead atoms. The van der Waals surface area contributed by atoms with Gasteiger partial charge in [-0.15, -0.1) is 0 Å². The third-order valence-corrected chi connectivity index (χ3v) is 7.79. The van der Waals surface area contributed by atoms with Crippen LogP contribution in [0.3, 0.4) is 0 Å².